The van der Waals surface area contributed by atoms with Gasteiger partial charge in [0.15, 0.2) is 0 Å². The molecule has 22 heavy (non-hydrogen) atoms. The van der Waals surface area contributed by atoms with Crippen molar-refractivity contribution in [1.29, 1.82) is 0 Å². The zero-order valence-electron chi connectivity index (χ0n) is 12.5. The van der Waals surface area contributed by atoms with Crippen LogP contribution in [0.1, 0.15) is 19.8 Å². The number of halogens is 2. The Balaban J connectivity index is 1.73. The normalized spacial score (nSPS) is 30.1. The summed E-state index contributed by atoms with van der Waals surface area (Å²) in [5.41, 5.74) is 0.542. The minimum Gasteiger partial charge on any atom is -0.392 e. The predicted octanol–water partition coefficient (Wildman–Crippen LogP) is 2.29. The molecule has 0 aromatic heterocycles. The smallest absolute Gasteiger partial charge is 0.244 e. The van der Waals surface area contributed by atoms with E-state index in [2.05, 4.69) is 4.90 Å². The zero-order valence-corrected chi connectivity index (χ0v) is 13.3. The number of aliphatic hydroxyl groups excluding tert-OH is 1. The number of likely N-dealkylation sites (tertiary alicyclic amines) is 1. The lowest BCUT2D eigenvalue weighted by molar-refractivity contribution is -0.123. The van der Waals surface area contributed by atoms with Crippen LogP contribution in [-0.4, -0.2) is 47.7 Å². The number of β-amino-alcohol motifs (C(OH)–C–C–N with tert-alkyl or cyclic N) is 1. The lowest BCUT2D eigenvalue weighted by Crippen LogP contribution is -2.50. The summed E-state index contributed by atoms with van der Waals surface area (Å²) in [6, 6.07) is 4.22. The Kier molecular flexibility index (Phi) is 4.39. The fraction of sp³-hybridized carbons (Fsp3) is 0.562. The maximum absolute atomic E-state index is 13.6. The summed E-state index contributed by atoms with van der Waals surface area (Å²) in [5, 5.41) is 10.1. The first-order chi connectivity index (χ1) is 10.5. The minimum absolute atomic E-state index is 0.0246. The molecule has 3 unspecified atom stereocenters. The lowest BCUT2D eigenvalue weighted by Gasteiger charge is -2.37. The molecule has 120 valence electrons. The third-order valence-corrected chi connectivity index (χ3v) is 5.09. The SMILES string of the molecule is CC1CCN(C2CCN(c3ccc(Cl)c(F)c3)C2=O)CC1O. The second-order valence-electron chi connectivity index (χ2n) is 6.22. The standard InChI is InChI=1S/C16H20ClFN2O2/c1-10-4-6-19(9-15(10)21)14-5-7-20(16(14)22)11-2-3-12(17)13(18)8-11/h2-3,8,10,14-15,21H,4-7,9H2,1H3. The number of piperidine rings is 1. The molecule has 3 atom stereocenters. The van der Waals surface area contributed by atoms with Crippen molar-refractivity contribution in [3.8, 4) is 0 Å². The number of hydrogen-bond donors (Lipinski definition) is 1. The molecule has 0 bridgehead atoms. The van der Waals surface area contributed by atoms with Crippen molar-refractivity contribution in [2.45, 2.75) is 31.9 Å². The fourth-order valence-corrected chi connectivity index (χ4v) is 3.39. The molecule has 1 N–H and O–H groups in total. The summed E-state index contributed by atoms with van der Waals surface area (Å²) in [6.45, 7) is 3.94. The van der Waals surface area contributed by atoms with Gasteiger partial charge in [0.25, 0.3) is 0 Å². The Morgan fingerprint density at radius 1 is 1.32 bits per heavy atom. The summed E-state index contributed by atoms with van der Waals surface area (Å²) in [5.74, 6) is -0.268. The van der Waals surface area contributed by atoms with Gasteiger partial charge in [-0.25, -0.2) is 4.39 Å². The average molecular weight is 327 g/mol. The predicted molar refractivity (Wildman–Crippen MR) is 83.5 cm³/mol. The molecule has 0 aliphatic carbocycles. The number of aliphatic hydroxyl groups is 1. The molecule has 1 aromatic carbocycles. The van der Waals surface area contributed by atoms with E-state index in [1.165, 1.54) is 12.1 Å². The highest BCUT2D eigenvalue weighted by molar-refractivity contribution is 6.30. The van der Waals surface area contributed by atoms with Crippen LogP contribution in [0.25, 0.3) is 0 Å². The number of carbonyl (C=O) groups is 1. The van der Waals surface area contributed by atoms with E-state index in [9.17, 15) is 14.3 Å². The van der Waals surface area contributed by atoms with Crippen LogP contribution in [0.5, 0.6) is 0 Å². The summed E-state index contributed by atoms with van der Waals surface area (Å²) in [6.07, 6.45) is 1.20. The highest BCUT2D eigenvalue weighted by Crippen LogP contribution is 2.29. The highest BCUT2D eigenvalue weighted by atomic mass is 35.5. The van der Waals surface area contributed by atoms with Gasteiger partial charge in [0.1, 0.15) is 5.82 Å². The minimum atomic E-state index is -0.516. The number of anilines is 1. The highest BCUT2D eigenvalue weighted by Gasteiger charge is 2.39. The Bertz CT molecular complexity index is 583. The van der Waals surface area contributed by atoms with Crippen molar-refractivity contribution in [1.82, 2.24) is 4.90 Å². The molecule has 1 amide bonds. The van der Waals surface area contributed by atoms with E-state index in [1.54, 1.807) is 11.0 Å². The van der Waals surface area contributed by atoms with Gasteiger partial charge in [-0.2, -0.15) is 0 Å². The molecular weight excluding hydrogens is 307 g/mol. The summed E-state index contributed by atoms with van der Waals surface area (Å²) in [4.78, 5) is 16.3. The Morgan fingerprint density at radius 3 is 2.77 bits per heavy atom. The van der Waals surface area contributed by atoms with E-state index in [-0.39, 0.29) is 29.0 Å². The molecule has 6 heteroatoms. The molecule has 1 aromatic rings. The average Bonchev–Trinajstić information content (AvgIpc) is 2.87. The van der Waals surface area contributed by atoms with Crippen LogP contribution in [0.15, 0.2) is 18.2 Å². The van der Waals surface area contributed by atoms with Gasteiger partial charge in [0.05, 0.1) is 17.2 Å². The monoisotopic (exact) mass is 326 g/mol. The summed E-state index contributed by atoms with van der Waals surface area (Å²) >= 11 is 5.69. The van der Waals surface area contributed by atoms with Gasteiger partial charge in [-0.15, -0.1) is 0 Å². The van der Waals surface area contributed by atoms with E-state index in [0.29, 0.717) is 25.2 Å². The molecule has 2 aliphatic heterocycles. The third-order valence-electron chi connectivity index (χ3n) is 4.78. The van der Waals surface area contributed by atoms with Gasteiger partial charge >= 0.3 is 0 Å². The van der Waals surface area contributed by atoms with Crippen LogP contribution in [0, 0.1) is 11.7 Å². The largest absolute Gasteiger partial charge is 0.392 e. The van der Waals surface area contributed by atoms with Gasteiger partial charge in [-0.3, -0.25) is 9.69 Å². The van der Waals surface area contributed by atoms with E-state index >= 15 is 0 Å². The van der Waals surface area contributed by atoms with Crippen LogP contribution in [-0.2, 0) is 4.79 Å². The van der Waals surface area contributed by atoms with Crippen molar-refractivity contribution in [3.05, 3.63) is 29.0 Å². The number of benzene rings is 1. The molecule has 3 rings (SSSR count). The van der Waals surface area contributed by atoms with Crippen LogP contribution in [0.3, 0.4) is 0 Å². The van der Waals surface area contributed by atoms with Crippen LogP contribution < -0.4 is 4.90 Å². The number of rotatable bonds is 2. The van der Waals surface area contributed by atoms with Crippen molar-refractivity contribution in [3.63, 3.8) is 0 Å². The number of carbonyl (C=O) groups excluding carboxylic acids is 1. The summed E-state index contributed by atoms with van der Waals surface area (Å²) < 4.78 is 13.6. The Morgan fingerprint density at radius 2 is 2.09 bits per heavy atom. The van der Waals surface area contributed by atoms with E-state index in [4.69, 9.17) is 11.6 Å². The van der Waals surface area contributed by atoms with Crippen LogP contribution in [0.2, 0.25) is 5.02 Å². The van der Waals surface area contributed by atoms with Crippen LogP contribution in [0.4, 0.5) is 10.1 Å². The number of hydrogen-bond acceptors (Lipinski definition) is 3. The van der Waals surface area contributed by atoms with Gasteiger partial charge < -0.3 is 10.0 Å². The molecule has 2 fully saturated rings. The van der Waals surface area contributed by atoms with Crippen molar-refractivity contribution in [2.24, 2.45) is 5.92 Å². The molecule has 4 nitrogen and oxygen atoms in total. The third kappa shape index (κ3) is 2.85. The molecule has 0 radical (unpaired) electrons. The first-order valence-electron chi connectivity index (χ1n) is 7.66. The van der Waals surface area contributed by atoms with Gasteiger partial charge in [0.2, 0.25) is 5.91 Å². The quantitative estimate of drug-likeness (QED) is 0.907. The first-order valence-corrected chi connectivity index (χ1v) is 8.03. The number of nitrogens with zero attached hydrogens (tertiary/aromatic N) is 2. The topological polar surface area (TPSA) is 43.8 Å². The number of amides is 1. The van der Waals surface area contributed by atoms with Gasteiger partial charge in [-0.1, -0.05) is 18.5 Å². The Hall–Kier alpha value is -1.17. The second kappa shape index (κ2) is 6.14. The second-order valence-corrected chi connectivity index (χ2v) is 6.63. The van der Waals surface area contributed by atoms with E-state index in [1.807, 2.05) is 6.92 Å². The molecule has 2 saturated heterocycles. The molecular formula is C16H20ClFN2O2. The van der Waals surface area contributed by atoms with E-state index < -0.39 is 5.82 Å². The van der Waals surface area contributed by atoms with Gasteiger partial charge in [-0.05, 0) is 43.5 Å². The van der Waals surface area contributed by atoms with Crippen molar-refractivity contribution >= 4 is 23.2 Å². The van der Waals surface area contributed by atoms with Crippen molar-refractivity contribution < 1.29 is 14.3 Å². The zero-order chi connectivity index (χ0) is 15.9. The maximum atomic E-state index is 13.6. The molecule has 2 heterocycles. The molecule has 2 aliphatic rings. The van der Waals surface area contributed by atoms with E-state index in [0.717, 1.165) is 13.0 Å². The maximum Gasteiger partial charge on any atom is 0.244 e. The molecule has 0 saturated carbocycles. The lowest BCUT2D eigenvalue weighted by atomic mass is 9.94. The first kappa shape index (κ1) is 15.7. The summed E-state index contributed by atoms with van der Waals surface area (Å²) in [7, 11) is 0. The van der Waals surface area contributed by atoms with Gasteiger partial charge in [0, 0.05) is 18.8 Å². The fourth-order valence-electron chi connectivity index (χ4n) is 3.27. The van der Waals surface area contributed by atoms with Crippen molar-refractivity contribution in [2.75, 3.05) is 24.5 Å². The Labute approximate surface area is 134 Å². The molecule has 0 spiro atoms. The van der Waals surface area contributed by atoms with Crippen LogP contribution >= 0.6 is 11.6 Å².